The van der Waals surface area contributed by atoms with E-state index in [1.165, 1.54) is 24.5 Å². The zero-order valence-electron chi connectivity index (χ0n) is 13.0. The zero-order chi connectivity index (χ0) is 19.6. The lowest BCUT2D eigenvalue weighted by molar-refractivity contribution is -0.140. The Morgan fingerprint density at radius 1 is 1.26 bits per heavy atom. The van der Waals surface area contributed by atoms with Gasteiger partial charge in [-0.15, -0.1) is 3.89 Å². The van der Waals surface area contributed by atoms with Crippen molar-refractivity contribution in [1.82, 2.24) is 19.2 Å². The van der Waals surface area contributed by atoms with Crippen LogP contribution in [0, 0.1) is 0 Å². The third kappa shape index (κ3) is 4.37. The van der Waals surface area contributed by atoms with Crippen LogP contribution in [0.2, 0.25) is 5.02 Å². The summed E-state index contributed by atoms with van der Waals surface area (Å²) in [5.74, 6) is -0.890. The first-order chi connectivity index (χ1) is 12.8. The Hall–Kier alpha value is -2.66. The molecule has 0 saturated carbocycles. The maximum Gasteiger partial charge on any atom is 0.435 e. The molecule has 12 heteroatoms. The van der Waals surface area contributed by atoms with E-state index in [2.05, 4.69) is 20.4 Å². The standard InChI is InChI=1S/C15H8ClF4N5OS/c16-9-4-12(13(21-6-9)15(17,18)19)24-14(26)11-3-1-2-10(23-11)8-5-22-25(7-8)27-20/h1-7H,(H,24,26). The summed E-state index contributed by atoms with van der Waals surface area (Å²) in [6.07, 6.45) is -1.27. The van der Waals surface area contributed by atoms with E-state index >= 15 is 0 Å². The summed E-state index contributed by atoms with van der Waals surface area (Å²) < 4.78 is 52.6. The molecule has 3 aromatic heterocycles. The van der Waals surface area contributed by atoms with Crippen LogP contribution in [0.25, 0.3) is 11.3 Å². The Bertz CT molecular complexity index is 994. The average molecular weight is 418 g/mol. The van der Waals surface area contributed by atoms with Crippen molar-refractivity contribution >= 4 is 35.5 Å². The second-order valence-electron chi connectivity index (χ2n) is 5.11. The number of nitrogens with zero attached hydrogens (tertiary/aromatic N) is 4. The van der Waals surface area contributed by atoms with Gasteiger partial charge >= 0.3 is 6.18 Å². The number of nitrogens with one attached hydrogen (secondary N) is 1. The molecule has 6 nitrogen and oxygen atoms in total. The molecular formula is C15H8ClF4N5OS. The number of alkyl halides is 3. The molecule has 0 fully saturated rings. The summed E-state index contributed by atoms with van der Waals surface area (Å²) >= 11 is 5.55. The highest BCUT2D eigenvalue weighted by atomic mass is 35.5. The zero-order valence-corrected chi connectivity index (χ0v) is 14.6. The van der Waals surface area contributed by atoms with E-state index in [0.29, 0.717) is 11.3 Å². The van der Waals surface area contributed by atoms with Crippen LogP contribution in [0.4, 0.5) is 22.7 Å². The van der Waals surface area contributed by atoms with Crippen molar-refractivity contribution in [3.8, 4) is 11.3 Å². The molecule has 0 saturated heterocycles. The Morgan fingerprint density at radius 3 is 2.70 bits per heavy atom. The first kappa shape index (κ1) is 19.1. The Kier molecular flexibility index (Phi) is 5.33. The van der Waals surface area contributed by atoms with Crippen molar-refractivity contribution in [2.75, 3.05) is 5.32 Å². The topological polar surface area (TPSA) is 72.7 Å². The van der Waals surface area contributed by atoms with E-state index in [9.17, 15) is 21.9 Å². The molecule has 0 aliphatic heterocycles. The van der Waals surface area contributed by atoms with E-state index < -0.39 is 23.5 Å². The number of carbonyl (C=O) groups is 1. The maximum atomic E-state index is 13.0. The lowest BCUT2D eigenvalue weighted by atomic mass is 10.2. The van der Waals surface area contributed by atoms with Crippen LogP contribution in [0.15, 0.2) is 42.9 Å². The summed E-state index contributed by atoms with van der Waals surface area (Å²) in [6, 6.07) is 5.29. The van der Waals surface area contributed by atoms with E-state index in [0.717, 1.165) is 16.4 Å². The fourth-order valence-corrected chi connectivity index (χ4v) is 2.54. The van der Waals surface area contributed by atoms with Crippen LogP contribution < -0.4 is 5.32 Å². The molecular weight excluding hydrogens is 410 g/mol. The van der Waals surface area contributed by atoms with E-state index in [4.69, 9.17) is 11.6 Å². The Balaban J connectivity index is 1.89. The van der Waals surface area contributed by atoms with Crippen molar-refractivity contribution in [2.45, 2.75) is 6.18 Å². The maximum absolute atomic E-state index is 13.0. The molecule has 1 amide bonds. The summed E-state index contributed by atoms with van der Waals surface area (Å²) in [5.41, 5.74) is -1.30. The second-order valence-corrected chi connectivity index (χ2v) is 6.06. The number of rotatable bonds is 4. The van der Waals surface area contributed by atoms with Crippen molar-refractivity contribution in [1.29, 1.82) is 0 Å². The van der Waals surface area contributed by atoms with Gasteiger partial charge in [-0.1, -0.05) is 17.7 Å². The largest absolute Gasteiger partial charge is 0.435 e. The van der Waals surface area contributed by atoms with Crippen LogP contribution >= 0.6 is 23.9 Å². The molecule has 3 rings (SSSR count). The molecule has 1 N–H and O–H groups in total. The minimum Gasteiger partial charge on any atom is -0.319 e. The van der Waals surface area contributed by atoms with Crippen molar-refractivity contribution in [2.24, 2.45) is 0 Å². The molecule has 3 aromatic rings. The van der Waals surface area contributed by atoms with Gasteiger partial charge in [0.05, 0.1) is 22.6 Å². The van der Waals surface area contributed by atoms with Gasteiger partial charge in [0.1, 0.15) is 5.69 Å². The van der Waals surface area contributed by atoms with E-state index in [1.54, 1.807) is 6.07 Å². The first-order valence-corrected chi connectivity index (χ1v) is 8.18. The third-order valence-electron chi connectivity index (χ3n) is 3.28. The van der Waals surface area contributed by atoms with Gasteiger partial charge < -0.3 is 5.32 Å². The lowest BCUT2D eigenvalue weighted by Gasteiger charge is -2.13. The molecule has 0 aliphatic carbocycles. The summed E-state index contributed by atoms with van der Waals surface area (Å²) in [6.45, 7) is 0. The molecule has 0 radical (unpaired) electrons. The van der Waals surface area contributed by atoms with Gasteiger partial charge in [0, 0.05) is 18.0 Å². The van der Waals surface area contributed by atoms with Gasteiger partial charge in [0.25, 0.3) is 5.91 Å². The Labute approximate surface area is 159 Å². The normalized spacial score (nSPS) is 11.4. The van der Waals surface area contributed by atoms with E-state index in [1.807, 2.05) is 0 Å². The quantitative estimate of drug-likeness (QED) is 0.626. The number of halogens is 5. The molecule has 0 atom stereocenters. The minimum absolute atomic E-state index is 0.0730. The van der Waals surface area contributed by atoms with Crippen molar-refractivity contribution in [3.63, 3.8) is 0 Å². The van der Waals surface area contributed by atoms with Crippen LogP contribution in [0.3, 0.4) is 0 Å². The molecule has 140 valence electrons. The number of aromatic nitrogens is 4. The highest BCUT2D eigenvalue weighted by Gasteiger charge is 2.36. The number of amides is 1. The van der Waals surface area contributed by atoms with Crippen LogP contribution in [-0.2, 0) is 6.18 Å². The first-order valence-electron chi connectivity index (χ1n) is 7.13. The van der Waals surface area contributed by atoms with Gasteiger partial charge in [-0.25, -0.2) is 9.97 Å². The second kappa shape index (κ2) is 7.53. The van der Waals surface area contributed by atoms with Crippen molar-refractivity contribution in [3.05, 3.63) is 59.3 Å². The molecule has 27 heavy (non-hydrogen) atoms. The molecule has 3 heterocycles. The lowest BCUT2D eigenvalue weighted by Crippen LogP contribution is -2.19. The fourth-order valence-electron chi connectivity index (χ4n) is 2.14. The highest BCUT2D eigenvalue weighted by Crippen LogP contribution is 2.34. The molecule has 0 aliphatic rings. The van der Waals surface area contributed by atoms with Gasteiger partial charge in [-0.2, -0.15) is 22.4 Å². The molecule has 0 unspecified atom stereocenters. The van der Waals surface area contributed by atoms with Gasteiger partial charge in [-0.3, -0.25) is 4.79 Å². The fraction of sp³-hybridized carbons (Fsp3) is 0.0667. The summed E-state index contributed by atoms with van der Waals surface area (Å²) in [5, 5.41) is 5.76. The van der Waals surface area contributed by atoms with Crippen LogP contribution in [-0.4, -0.2) is 25.1 Å². The summed E-state index contributed by atoms with van der Waals surface area (Å²) in [7, 11) is 0. The van der Waals surface area contributed by atoms with Gasteiger partial charge in [0.2, 0.25) is 0 Å². The van der Waals surface area contributed by atoms with Gasteiger partial charge in [0.15, 0.2) is 18.0 Å². The monoisotopic (exact) mass is 417 g/mol. The average Bonchev–Trinajstić information content (AvgIpc) is 3.10. The highest BCUT2D eigenvalue weighted by molar-refractivity contribution is 7.92. The van der Waals surface area contributed by atoms with Gasteiger partial charge in [-0.05, 0) is 18.2 Å². The van der Waals surface area contributed by atoms with Crippen LogP contribution in [0.1, 0.15) is 16.2 Å². The summed E-state index contributed by atoms with van der Waals surface area (Å²) in [4.78, 5) is 19.7. The molecule has 0 spiro atoms. The smallest absolute Gasteiger partial charge is 0.319 e. The van der Waals surface area contributed by atoms with Crippen molar-refractivity contribution < 1.29 is 21.9 Å². The molecule has 0 bridgehead atoms. The number of hydrogen-bond acceptors (Lipinski definition) is 5. The predicted molar refractivity (Wildman–Crippen MR) is 91.8 cm³/mol. The SMILES string of the molecule is O=C(Nc1cc(Cl)cnc1C(F)(F)F)c1cccc(-c2cnn(SF)c2)n1. The number of pyridine rings is 2. The number of anilines is 1. The minimum atomic E-state index is -4.78. The third-order valence-corrected chi connectivity index (χ3v) is 3.83. The Morgan fingerprint density at radius 2 is 2.04 bits per heavy atom. The van der Waals surface area contributed by atoms with Crippen LogP contribution in [0.5, 0.6) is 0 Å². The molecule has 0 aromatic carbocycles. The van der Waals surface area contributed by atoms with E-state index in [-0.39, 0.29) is 23.1 Å². The predicted octanol–water partition coefficient (Wildman–Crippen LogP) is 4.65. The number of carbonyl (C=O) groups excluding carboxylic acids is 1. The number of hydrogen-bond donors (Lipinski definition) is 1.